The Labute approximate surface area is 108 Å². The molecule has 0 radical (unpaired) electrons. The topological polar surface area (TPSA) is 9.23 Å². The van der Waals surface area contributed by atoms with E-state index in [1.807, 2.05) is 0 Å². The van der Waals surface area contributed by atoms with Gasteiger partial charge in [-0.3, -0.25) is 0 Å². The summed E-state index contributed by atoms with van der Waals surface area (Å²) >= 11 is 0. The number of methoxy groups -OCH3 is 1. The fourth-order valence-electron chi connectivity index (χ4n) is 1.91. The highest BCUT2D eigenvalue weighted by Crippen LogP contribution is 2.10. The van der Waals surface area contributed by atoms with Crippen molar-refractivity contribution in [2.75, 3.05) is 13.7 Å². The van der Waals surface area contributed by atoms with Gasteiger partial charge in [0.25, 0.3) is 0 Å². The van der Waals surface area contributed by atoms with Crippen molar-refractivity contribution in [3.63, 3.8) is 0 Å². The highest BCUT2D eigenvalue weighted by molar-refractivity contribution is 4.98. The molecule has 0 bridgehead atoms. The van der Waals surface area contributed by atoms with Crippen LogP contribution in [0, 0.1) is 11.8 Å². The van der Waals surface area contributed by atoms with Crippen LogP contribution in [0.5, 0.6) is 0 Å². The van der Waals surface area contributed by atoms with Gasteiger partial charge in [0.1, 0.15) is 6.61 Å². The Morgan fingerprint density at radius 2 is 1.24 bits per heavy atom. The maximum atomic E-state index is 4.87. The Hall–Kier alpha value is -0.480. The molecular weight excluding hydrogens is 208 g/mol. The van der Waals surface area contributed by atoms with E-state index in [-0.39, 0.29) is 0 Å². The van der Waals surface area contributed by atoms with E-state index < -0.39 is 0 Å². The summed E-state index contributed by atoms with van der Waals surface area (Å²) < 4.78 is 4.87. The minimum absolute atomic E-state index is 0.581. The van der Waals surface area contributed by atoms with Gasteiger partial charge in [-0.15, -0.1) is 5.92 Å². The Kier molecular flexibility index (Phi) is 15.1. The molecular formula is C16H30O. The molecule has 100 valence electrons. The fourth-order valence-corrected chi connectivity index (χ4v) is 1.91. The van der Waals surface area contributed by atoms with E-state index in [1.54, 1.807) is 7.11 Å². The summed E-state index contributed by atoms with van der Waals surface area (Å²) in [5, 5.41) is 0. The van der Waals surface area contributed by atoms with Gasteiger partial charge >= 0.3 is 0 Å². The Balaban J connectivity index is 2.97. The molecule has 0 aromatic heterocycles. The van der Waals surface area contributed by atoms with Crippen molar-refractivity contribution < 1.29 is 4.74 Å². The number of hydrogen-bond donors (Lipinski definition) is 0. The number of unbranched alkanes of at least 4 members (excludes halogenated alkanes) is 10. The molecule has 0 aliphatic heterocycles. The van der Waals surface area contributed by atoms with Gasteiger partial charge in [-0.25, -0.2) is 0 Å². The van der Waals surface area contributed by atoms with Crippen molar-refractivity contribution in [3.05, 3.63) is 0 Å². The monoisotopic (exact) mass is 238 g/mol. The normalized spacial score (nSPS) is 10.0. The molecule has 0 fully saturated rings. The molecule has 0 saturated heterocycles. The lowest BCUT2D eigenvalue weighted by atomic mass is 10.1. The van der Waals surface area contributed by atoms with Gasteiger partial charge in [-0.05, 0) is 6.42 Å². The molecule has 1 heteroatoms. The van der Waals surface area contributed by atoms with E-state index in [2.05, 4.69) is 18.8 Å². The summed E-state index contributed by atoms with van der Waals surface area (Å²) in [7, 11) is 1.69. The summed E-state index contributed by atoms with van der Waals surface area (Å²) in [5.74, 6) is 6.13. The molecule has 0 atom stereocenters. The quantitative estimate of drug-likeness (QED) is 0.365. The van der Waals surface area contributed by atoms with E-state index in [4.69, 9.17) is 4.74 Å². The molecule has 0 aliphatic rings. The van der Waals surface area contributed by atoms with Crippen molar-refractivity contribution >= 4 is 0 Å². The zero-order valence-corrected chi connectivity index (χ0v) is 11.9. The highest BCUT2D eigenvalue weighted by atomic mass is 16.5. The predicted octanol–water partition coefficient (Wildman–Crippen LogP) is 4.95. The van der Waals surface area contributed by atoms with Crippen LogP contribution in [0.4, 0.5) is 0 Å². The molecule has 0 spiro atoms. The van der Waals surface area contributed by atoms with Crippen LogP contribution in [0.25, 0.3) is 0 Å². The summed E-state index contributed by atoms with van der Waals surface area (Å²) in [5.41, 5.74) is 0. The van der Waals surface area contributed by atoms with Crippen LogP contribution < -0.4 is 0 Å². The van der Waals surface area contributed by atoms with Crippen molar-refractivity contribution in [3.8, 4) is 11.8 Å². The fraction of sp³-hybridized carbons (Fsp3) is 0.875. The summed E-state index contributed by atoms with van der Waals surface area (Å²) in [4.78, 5) is 0. The molecule has 0 unspecified atom stereocenters. The zero-order valence-electron chi connectivity index (χ0n) is 11.9. The lowest BCUT2D eigenvalue weighted by molar-refractivity contribution is 0.239. The summed E-state index contributed by atoms with van der Waals surface area (Å²) in [6.45, 7) is 2.85. The van der Waals surface area contributed by atoms with E-state index in [1.165, 1.54) is 64.2 Å². The molecule has 0 heterocycles. The van der Waals surface area contributed by atoms with E-state index in [0.717, 1.165) is 6.42 Å². The van der Waals surface area contributed by atoms with Gasteiger partial charge in [0.15, 0.2) is 0 Å². The van der Waals surface area contributed by atoms with Crippen LogP contribution >= 0.6 is 0 Å². The third-order valence-corrected chi connectivity index (χ3v) is 3.00. The minimum atomic E-state index is 0.581. The van der Waals surface area contributed by atoms with Gasteiger partial charge < -0.3 is 4.74 Å². The third kappa shape index (κ3) is 15.5. The molecule has 17 heavy (non-hydrogen) atoms. The molecule has 0 aliphatic carbocycles. The van der Waals surface area contributed by atoms with Crippen molar-refractivity contribution in [1.82, 2.24) is 0 Å². The first-order chi connectivity index (χ1) is 8.41. The number of ether oxygens (including phenoxy) is 1. The lowest BCUT2D eigenvalue weighted by Gasteiger charge is -2.00. The average Bonchev–Trinajstić information content (AvgIpc) is 2.35. The second kappa shape index (κ2) is 15.5. The van der Waals surface area contributed by atoms with E-state index in [9.17, 15) is 0 Å². The molecule has 0 N–H and O–H groups in total. The van der Waals surface area contributed by atoms with Crippen LogP contribution in [-0.4, -0.2) is 13.7 Å². The largest absolute Gasteiger partial charge is 0.372 e. The predicted molar refractivity (Wildman–Crippen MR) is 76.1 cm³/mol. The van der Waals surface area contributed by atoms with Crippen molar-refractivity contribution in [2.24, 2.45) is 0 Å². The van der Waals surface area contributed by atoms with Gasteiger partial charge in [0.2, 0.25) is 0 Å². The smallest absolute Gasteiger partial charge is 0.107 e. The first kappa shape index (κ1) is 16.5. The van der Waals surface area contributed by atoms with Crippen molar-refractivity contribution in [1.29, 1.82) is 0 Å². The Bertz CT molecular complexity index is 187. The first-order valence-corrected chi connectivity index (χ1v) is 7.36. The molecule has 0 aromatic rings. The van der Waals surface area contributed by atoms with Gasteiger partial charge in [0.05, 0.1) is 0 Å². The van der Waals surface area contributed by atoms with Gasteiger partial charge in [-0.2, -0.15) is 0 Å². The van der Waals surface area contributed by atoms with Crippen LogP contribution in [0.1, 0.15) is 77.6 Å². The highest BCUT2D eigenvalue weighted by Gasteiger charge is 1.91. The SMILES string of the molecule is CCCCCCCCCCCCC#CCOC. The maximum Gasteiger partial charge on any atom is 0.107 e. The summed E-state index contributed by atoms with van der Waals surface area (Å²) in [6.07, 6.45) is 15.0. The average molecular weight is 238 g/mol. The minimum Gasteiger partial charge on any atom is -0.372 e. The molecule has 0 saturated carbocycles. The Morgan fingerprint density at radius 1 is 0.706 bits per heavy atom. The lowest BCUT2D eigenvalue weighted by Crippen LogP contribution is -1.82. The maximum absolute atomic E-state index is 4.87. The third-order valence-electron chi connectivity index (χ3n) is 3.00. The number of hydrogen-bond acceptors (Lipinski definition) is 1. The molecule has 1 nitrogen and oxygen atoms in total. The molecule has 0 rings (SSSR count). The first-order valence-electron chi connectivity index (χ1n) is 7.36. The van der Waals surface area contributed by atoms with E-state index in [0.29, 0.717) is 6.61 Å². The molecule has 0 aromatic carbocycles. The zero-order chi connectivity index (χ0) is 12.6. The second-order valence-electron chi connectivity index (χ2n) is 4.72. The standard InChI is InChI=1S/C16H30O/c1-3-4-5-6-7-8-9-10-11-12-13-14-15-16-17-2/h3-13,16H2,1-2H3. The Morgan fingerprint density at radius 3 is 1.76 bits per heavy atom. The molecule has 0 amide bonds. The van der Waals surface area contributed by atoms with E-state index >= 15 is 0 Å². The summed E-state index contributed by atoms with van der Waals surface area (Å²) in [6, 6.07) is 0. The van der Waals surface area contributed by atoms with Gasteiger partial charge in [0, 0.05) is 13.5 Å². The van der Waals surface area contributed by atoms with Gasteiger partial charge in [-0.1, -0.05) is 70.6 Å². The second-order valence-corrected chi connectivity index (χ2v) is 4.72. The van der Waals surface area contributed by atoms with Crippen LogP contribution in [0.3, 0.4) is 0 Å². The van der Waals surface area contributed by atoms with Crippen LogP contribution in [0.15, 0.2) is 0 Å². The van der Waals surface area contributed by atoms with Crippen molar-refractivity contribution in [2.45, 2.75) is 77.6 Å². The van der Waals surface area contributed by atoms with Crippen LogP contribution in [0.2, 0.25) is 0 Å². The number of rotatable bonds is 11. The van der Waals surface area contributed by atoms with Crippen LogP contribution in [-0.2, 0) is 4.74 Å².